The molecule has 1 fully saturated rings. The number of rotatable bonds is 3. The molecule has 176 valence electrons. The third kappa shape index (κ3) is 4.21. The van der Waals surface area contributed by atoms with E-state index >= 15 is 0 Å². The summed E-state index contributed by atoms with van der Waals surface area (Å²) in [5.41, 5.74) is -4.66. The first-order chi connectivity index (χ1) is 15.4. The van der Waals surface area contributed by atoms with Crippen molar-refractivity contribution in [2.24, 2.45) is 9.98 Å². The molecule has 1 aliphatic carbocycles. The van der Waals surface area contributed by atoms with Crippen molar-refractivity contribution in [3.05, 3.63) is 69.7 Å². The lowest BCUT2D eigenvalue weighted by Crippen LogP contribution is -2.60. The van der Waals surface area contributed by atoms with Gasteiger partial charge in [0.25, 0.3) is 0 Å². The van der Waals surface area contributed by atoms with Crippen LogP contribution in [0, 0.1) is 0 Å². The molecule has 0 spiro atoms. The fourth-order valence-corrected chi connectivity index (χ4v) is 4.61. The number of hydrogen-bond acceptors (Lipinski definition) is 3. The number of aliphatic imine (C=N–C) groups is 2. The Morgan fingerprint density at radius 1 is 0.818 bits per heavy atom. The van der Waals surface area contributed by atoms with E-state index in [4.69, 9.17) is 23.2 Å². The summed E-state index contributed by atoms with van der Waals surface area (Å²) in [5.74, 6) is -0.986. The first-order valence-electron chi connectivity index (χ1n) is 10.1. The number of hydrogen-bond donors (Lipinski definition) is 0. The second kappa shape index (κ2) is 8.51. The minimum atomic E-state index is -5.85. The molecule has 0 aromatic heterocycles. The van der Waals surface area contributed by atoms with Gasteiger partial charge in [-0.1, -0.05) is 66.4 Å². The molecule has 0 bridgehead atoms. The van der Waals surface area contributed by atoms with Gasteiger partial charge >= 0.3 is 18.0 Å². The molecule has 11 heteroatoms. The molecular formula is C22H17Cl2F6N3. The van der Waals surface area contributed by atoms with E-state index in [0.29, 0.717) is 12.8 Å². The van der Waals surface area contributed by atoms with Crippen LogP contribution in [0.25, 0.3) is 0 Å². The van der Waals surface area contributed by atoms with Gasteiger partial charge in [0, 0.05) is 22.2 Å². The normalized spacial score (nSPS) is 19.5. The van der Waals surface area contributed by atoms with Crippen LogP contribution in [0.5, 0.6) is 0 Å². The van der Waals surface area contributed by atoms with Gasteiger partial charge in [-0.2, -0.15) is 26.3 Å². The lowest BCUT2D eigenvalue weighted by Gasteiger charge is -2.42. The van der Waals surface area contributed by atoms with Gasteiger partial charge in [0.1, 0.15) is 11.7 Å². The van der Waals surface area contributed by atoms with E-state index in [-0.39, 0.29) is 21.2 Å². The van der Waals surface area contributed by atoms with Gasteiger partial charge in [-0.15, -0.1) is 0 Å². The first-order valence-corrected chi connectivity index (χ1v) is 10.8. The van der Waals surface area contributed by atoms with E-state index in [2.05, 4.69) is 9.98 Å². The molecular weight excluding hydrogens is 491 g/mol. The van der Waals surface area contributed by atoms with Gasteiger partial charge in [0.15, 0.2) is 0 Å². The standard InChI is InChI=1S/C22H17Cl2F6N3/c23-14-10-11-16(17(24)12-14)19-32-20(21(25,26)27,22(28,29)30)31-18(13-6-2-1-3-7-13)33(19)15-8-4-5-9-15/h1-3,6-7,10-12,15H,4-5,8-9H2. The summed E-state index contributed by atoms with van der Waals surface area (Å²) in [7, 11) is 0. The fraction of sp³-hybridized carbons (Fsp3) is 0.364. The Labute approximate surface area is 195 Å². The Morgan fingerprint density at radius 2 is 1.39 bits per heavy atom. The van der Waals surface area contributed by atoms with Crippen LogP contribution in [-0.2, 0) is 0 Å². The van der Waals surface area contributed by atoms with Crippen molar-refractivity contribution in [2.45, 2.75) is 49.7 Å². The summed E-state index contributed by atoms with van der Waals surface area (Å²) in [6.07, 6.45) is -9.04. The summed E-state index contributed by atoms with van der Waals surface area (Å²) in [6.45, 7) is 0. The molecule has 2 aromatic rings. The summed E-state index contributed by atoms with van der Waals surface area (Å²) in [6, 6.07) is 11.0. The lowest BCUT2D eigenvalue weighted by atomic mass is 10.0. The Balaban J connectivity index is 2.06. The van der Waals surface area contributed by atoms with Crippen molar-refractivity contribution < 1.29 is 26.3 Å². The van der Waals surface area contributed by atoms with Crippen molar-refractivity contribution in [1.82, 2.24) is 4.90 Å². The maximum atomic E-state index is 14.1. The second-order valence-corrected chi connectivity index (χ2v) is 8.68. The van der Waals surface area contributed by atoms with E-state index in [1.807, 2.05) is 0 Å². The van der Waals surface area contributed by atoms with Crippen LogP contribution in [0.4, 0.5) is 26.3 Å². The predicted octanol–water partition coefficient (Wildman–Crippen LogP) is 7.27. The second-order valence-electron chi connectivity index (χ2n) is 7.84. The number of alkyl halides is 6. The zero-order valence-electron chi connectivity index (χ0n) is 16.9. The molecule has 1 saturated carbocycles. The Kier molecular flexibility index (Phi) is 6.16. The van der Waals surface area contributed by atoms with Crippen LogP contribution < -0.4 is 0 Å². The van der Waals surface area contributed by atoms with Crippen LogP contribution in [0.1, 0.15) is 36.8 Å². The van der Waals surface area contributed by atoms with Crippen LogP contribution in [0.2, 0.25) is 10.0 Å². The molecule has 2 aliphatic rings. The Bertz CT molecular complexity index is 1080. The maximum Gasteiger partial charge on any atom is 0.443 e. The maximum absolute atomic E-state index is 14.1. The lowest BCUT2D eigenvalue weighted by molar-refractivity contribution is -0.293. The molecule has 0 unspecified atom stereocenters. The topological polar surface area (TPSA) is 28.0 Å². The number of benzene rings is 2. The molecule has 2 aromatic carbocycles. The molecule has 0 atom stereocenters. The molecule has 0 N–H and O–H groups in total. The Hall–Kier alpha value is -2.26. The largest absolute Gasteiger partial charge is 0.443 e. The third-order valence-electron chi connectivity index (χ3n) is 5.68. The van der Waals surface area contributed by atoms with Gasteiger partial charge in [-0.25, -0.2) is 9.98 Å². The van der Waals surface area contributed by atoms with Crippen LogP contribution in [0.15, 0.2) is 58.5 Å². The van der Waals surface area contributed by atoms with Crippen LogP contribution in [-0.4, -0.2) is 40.6 Å². The molecule has 1 heterocycles. The highest BCUT2D eigenvalue weighted by Crippen LogP contribution is 2.50. The minimum absolute atomic E-state index is 0.0887. The molecule has 0 amide bonds. The monoisotopic (exact) mass is 507 g/mol. The van der Waals surface area contributed by atoms with Gasteiger partial charge in [-0.3, -0.25) is 0 Å². The highest BCUT2D eigenvalue weighted by atomic mass is 35.5. The molecule has 0 saturated heterocycles. The van der Waals surface area contributed by atoms with E-state index in [1.54, 1.807) is 6.07 Å². The quantitative estimate of drug-likeness (QED) is 0.401. The SMILES string of the molecule is FC(F)(F)C1(C(F)(F)F)N=C(c2ccccc2)N(C2CCCC2)C(c2ccc(Cl)cc2Cl)=N1. The minimum Gasteiger partial charge on any atom is -0.307 e. The van der Waals surface area contributed by atoms with Crippen molar-refractivity contribution in [2.75, 3.05) is 0 Å². The van der Waals surface area contributed by atoms with Gasteiger partial charge in [0.05, 0.1) is 5.02 Å². The molecule has 33 heavy (non-hydrogen) atoms. The third-order valence-corrected chi connectivity index (χ3v) is 6.22. The van der Waals surface area contributed by atoms with Crippen molar-refractivity contribution in [3.63, 3.8) is 0 Å². The Morgan fingerprint density at radius 3 is 1.94 bits per heavy atom. The summed E-state index contributed by atoms with van der Waals surface area (Å²) < 4.78 is 84.8. The summed E-state index contributed by atoms with van der Waals surface area (Å²) >= 11 is 12.2. The average molecular weight is 508 g/mol. The molecule has 1 aliphatic heterocycles. The summed E-state index contributed by atoms with van der Waals surface area (Å²) in [4.78, 5) is 7.98. The zero-order valence-corrected chi connectivity index (χ0v) is 18.4. The smallest absolute Gasteiger partial charge is 0.307 e. The van der Waals surface area contributed by atoms with E-state index in [9.17, 15) is 26.3 Å². The fourth-order valence-electron chi connectivity index (χ4n) is 4.11. The van der Waals surface area contributed by atoms with E-state index < -0.39 is 35.7 Å². The molecule has 4 rings (SSSR count). The molecule has 3 nitrogen and oxygen atoms in total. The van der Waals surface area contributed by atoms with Gasteiger partial charge in [0.2, 0.25) is 0 Å². The number of nitrogens with zero attached hydrogens (tertiary/aromatic N) is 3. The zero-order chi connectivity index (χ0) is 24.0. The van der Waals surface area contributed by atoms with Crippen LogP contribution >= 0.6 is 23.2 Å². The van der Waals surface area contributed by atoms with Crippen molar-refractivity contribution >= 4 is 34.9 Å². The average Bonchev–Trinajstić information content (AvgIpc) is 3.26. The molecule has 0 radical (unpaired) electrons. The van der Waals surface area contributed by atoms with Gasteiger partial charge < -0.3 is 4.90 Å². The van der Waals surface area contributed by atoms with Crippen LogP contribution in [0.3, 0.4) is 0 Å². The van der Waals surface area contributed by atoms with Gasteiger partial charge in [-0.05, 0) is 31.0 Å². The number of amidine groups is 2. The van der Waals surface area contributed by atoms with E-state index in [0.717, 1.165) is 12.8 Å². The van der Waals surface area contributed by atoms with Crippen molar-refractivity contribution in [1.29, 1.82) is 0 Å². The highest BCUT2D eigenvalue weighted by molar-refractivity contribution is 6.37. The number of halogens is 8. The van der Waals surface area contributed by atoms with E-state index in [1.165, 1.54) is 47.4 Å². The predicted molar refractivity (Wildman–Crippen MR) is 115 cm³/mol. The van der Waals surface area contributed by atoms with Crippen molar-refractivity contribution in [3.8, 4) is 0 Å². The first kappa shape index (κ1) is 23.9. The highest BCUT2D eigenvalue weighted by Gasteiger charge is 2.74. The summed E-state index contributed by atoms with van der Waals surface area (Å²) in [5, 5.41) is 0.0687.